The molecule has 0 aliphatic carbocycles. The van der Waals surface area contributed by atoms with Gasteiger partial charge in [-0.1, -0.05) is 45.7 Å². The molecule has 0 saturated carbocycles. The summed E-state index contributed by atoms with van der Waals surface area (Å²) < 4.78 is 2.09. The van der Waals surface area contributed by atoms with Gasteiger partial charge in [-0.2, -0.15) is 0 Å². The molecule has 23 heavy (non-hydrogen) atoms. The predicted octanol–water partition coefficient (Wildman–Crippen LogP) is 5.66. The highest BCUT2D eigenvalue weighted by Gasteiger charge is 2.09. The van der Waals surface area contributed by atoms with Crippen molar-refractivity contribution in [1.29, 1.82) is 0 Å². The number of fused-ring (bicyclic) bond motifs is 1. The first-order valence-electron chi connectivity index (χ1n) is 6.86. The average molecular weight is 406 g/mol. The van der Waals surface area contributed by atoms with Crippen LogP contribution in [0.1, 0.15) is 11.1 Å². The van der Waals surface area contributed by atoms with E-state index in [1.54, 1.807) is 24.0 Å². The van der Waals surface area contributed by atoms with Gasteiger partial charge in [0.1, 0.15) is 0 Å². The Morgan fingerprint density at radius 1 is 1.17 bits per heavy atom. The Morgan fingerprint density at radius 3 is 2.83 bits per heavy atom. The van der Waals surface area contributed by atoms with Crippen LogP contribution in [0.15, 0.2) is 58.5 Å². The van der Waals surface area contributed by atoms with Crippen LogP contribution in [0, 0.1) is 6.42 Å². The van der Waals surface area contributed by atoms with Crippen LogP contribution < -0.4 is 5.32 Å². The maximum Gasteiger partial charge on any atom is 0.232 e. The summed E-state index contributed by atoms with van der Waals surface area (Å²) in [6.07, 6.45) is 5.07. The minimum Gasteiger partial charge on any atom is -0.332 e. The van der Waals surface area contributed by atoms with Crippen molar-refractivity contribution in [2.75, 3.05) is 0 Å². The molecule has 0 bridgehead atoms. The fourth-order valence-electron chi connectivity index (χ4n) is 2.14. The number of carbonyl (C=O) groups excluding carboxylic acids is 1. The summed E-state index contributed by atoms with van der Waals surface area (Å²) in [5, 5.41) is 6.37. The standard InChI is InChI=1S/C18H12BrClNOS/c19-16-4-2-1-3-12(16)7-8-21-18(22)9-13-11-23-17-6-5-14(20)10-15(13)17/h1-11H,(H,21,22)/b8-7+. The third kappa shape index (κ3) is 4.02. The molecule has 2 aromatic carbocycles. The summed E-state index contributed by atoms with van der Waals surface area (Å²) in [4.78, 5) is 12.1. The molecular formula is C18H12BrClNOS. The first-order valence-corrected chi connectivity index (χ1v) is 8.91. The Morgan fingerprint density at radius 2 is 2.00 bits per heavy atom. The Bertz CT molecular complexity index is 888. The van der Waals surface area contributed by atoms with Gasteiger partial charge >= 0.3 is 0 Å². The molecule has 0 fully saturated rings. The normalized spacial score (nSPS) is 11.2. The Balaban J connectivity index is 1.67. The molecule has 1 aromatic heterocycles. The molecule has 0 saturated heterocycles. The largest absolute Gasteiger partial charge is 0.332 e. The zero-order valence-electron chi connectivity index (χ0n) is 11.9. The summed E-state index contributed by atoms with van der Waals surface area (Å²) in [7, 11) is 0. The van der Waals surface area contributed by atoms with Crippen molar-refractivity contribution in [3.05, 3.63) is 81.1 Å². The molecule has 2 nitrogen and oxygen atoms in total. The van der Waals surface area contributed by atoms with E-state index in [0.717, 1.165) is 25.7 Å². The van der Waals surface area contributed by atoms with Crippen molar-refractivity contribution in [3.8, 4) is 0 Å². The number of hydrogen-bond donors (Lipinski definition) is 1. The number of amides is 1. The van der Waals surface area contributed by atoms with Crippen molar-refractivity contribution >= 4 is 60.9 Å². The lowest BCUT2D eigenvalue weighted by molar-refractivity contribution is -0.116. The first kappa shape index (κ1) is 16.2. The second-order valence-electron chi connectivity index (χ2n) is 4.84. The van der Waals surface area contributed by atoms with Crippen molar-refractivity contribution < 1.29 is 4.79 Å². The molecule has 5 heteroatoms. The highest BCUT2D eigenvalue weighted by molar-refractivity contribution is 9.10. The fraction of sp³-hybridized carbons (Fsp3) is 0. The van der Waals surface area contributed by atoms with Gasteiger partial charge in [0, 0.05) is 20.4 Å². The number of carbonyl (C=O) groups is 1. The smallest absolute Gasteiger partial charge is 0.232 e. The summed E-state index contributed by atoms with van der Waals surface area (Å²) in [5.41, 5.74) is 1.87. The molecule has 0 aliphatic heterocycles. The van der Waals surface area contributed by atoms with Crippen LogP contribution in [0.5, 0.6) is 0 Å². The quantitative estimate of drug-likeness (QED) is 0.596. The zero-order valence-corrected chi connectivity index (χ0v) is 15.1. The highest BCUT2D eigenvalue weighted by atomic mass is 79.9. The second-order valence-corrected chi connectivity index (χ2v) is 7.04. The Hall–Kier alpha value is -1.62. The Labute approximate surface area is 151 Å². The molecule has 1 radical (unpaired) electrons. The van der Waals surface area contributed by atoms with E-state index in [2.05, 4.69) is 21.2 Å². The highest BCUT2D eigenvalue weighted by Crippen LogP contribution is 2.29. The average Bonchev–Trinajstić information content (AvgIpc) is 2.91. The van der Waals surface area contributed by atoms with E-state index in [0.29, 0.717) is 5.02 Å². The van der Waals surface area contributed by atoms with E-state index in [9.17, 15) is 4.79 Å². The molecule has 3 rings (SSSR count). The topological polar surface area (TPSA) is 29.1 Å². The summed E-state index contributed by atoms with van der Waals surface area (Å²) in [6, 6.07) is 13.5. The molecule has 115 valence electrons. The molecule has 0 unspecified atom stereocenters. The van der Waals surface area contributed by atoms with Gasteiger partial charge < -0.3 is 5.32 Å². The third-order valence-electron chi connectivity index (χ3n) is 3.25. The number of rotatable bonds is 4. The number of nitrogens with one attached hydrogen (secondary N) is 1. The van der Waals surface area contributed by atoms with Gasteiger partial charge in [-0.3, -0.25) is 4.79 Å². The van der Waals surface area contributed by atoms with E-state index < -0.39 is 0 Å². The lowest BCUT2D eigenvalue weighted by atomic mass is 10.1. The number of thiophene rings is 1. The number of halogens is 2. The zero-order chi connectivity index (χ0) is 16.2. The number of benzene rings is 2. The molecule has 0 atom stereocenters. The maximum atomic E-state index is 12.1. The first-order chi connectivity index (χ1) is 11.1. The summed E-state index contributed by atoms with van der Waals surface area (Å²) in [6.45, 7) is 0. The van der Waals surface area contributed by atoms with Crippen LogP contribution >= 0.6 is 38.9 Å². The van der Waals surface area contributed by atoms with Gasteiger partial charge in [0.15, 0.2) is 0 Å². The van der Waals surface area contributed by atoms with Crippen LogP contribution in [0.25, 0.3) is 16.2 Å². The molecule has 1 amide bonds. The van der Waals surface area contributed by atoms with E-state index in [4.69, 9.17) is 11.6 Å². The monoisotopic (exact) mass is 404 g/mol. The SMILES string of the molecule is O=C([CH]c1csc2ccc(Cl)cc12)N/C=C/c1ccccc1Br. The van der Waals surface area contributed by atoms with Crippen LogP contribution in [0.3, 0.4) is 0 Å². The van der Waals surface area contributed by atoms with E-state index in [1.165, 1.54) is 0 Å². The Kier molecular flexibility index (Phi) is 5.16. The van der Waals surface area contributed by atoms with Gasteiger partial charge in [-0.25, -0.2) is 0 Å². The molecule has 1 heterocycles. The van der Waals surface area contributed by atoms with E-state index in [1.807, 2.05) is 53.9 Å². The van der Waals surface area contributed by atoms with Crippen LogP contribution in [-0.4, -0.2) is 5.91 Å². The van der Waals surface area contributed by atoms with Crippen LogP contribution in [0.4, 0.5) is 0 Å². The van der Waals surface area contributed by atoms with Gasteiger partial charge in [0.05, 0.1) is 6.42 Å². The van der Waals surface area contributed by atoms with Gasteiger partial charge in [-0.15, -0.1) is 11.3 Å². The van der Waals surface area contributed by atoms with Crippen molar-refractivity contribution in [3.63, 3.8) is 0 Å². The fourth-order valence-corrected chi connectivity index (χ4v) is 3.63. The third-order valence-corrected chi connectivity index (χ3v) is 5.18. The minimum atomic E-state index is -0.173. The van der Waals surface area contributed by atoms with Crippen molar-refractivity contribution in [1.82, 2.24) is 5.32 Å². The van der Waals surface area contributed by atoms with Crippen molar-refractivity contribution in [2.24, 2.45) is 0 Å². The molecule has 0 spiro atoms. The predicted molar refractivity (Wildman–Crippen MR) is 102 cm³/mol. The maximum absolute atomic E-state index is 12.1. The van der Waals surface area contributed by atoms with Crippen LogP contribution in [-0.2, 0) is 4.79 Å². The second kappa shape index (κ2) is 7.30. The van der Waals surface area contributed by atoms with E-state index in [-0.39, 0.29) is 5.91 Å². The summed E-state index contributed by atoms with van der Waals surface area (Å²) in [5.74, 6) is -0.173. The number of hydrogen-bond acceptors (Lipinski definition) is 2. The van der Waals surface area contributed by atoms with Gasteiger partial charge in [-0.05, 0) is 52.2 Å². The van der Waals surface area contributed by atoms with Crippen LogP contribution in [0.2, 0.25) is 5.02 Å². The summed E-state index contributed by atoms with van der Waals surface area (Å²) >= 11 is 11.1. The molecular weight excluding hydrogens is 394 g/mol. The lowest BCUT2D eigenvalue weighted by Crippen LogP contribution is -2.17. The van der Waals surface area contributed by atoms with E-state index >= 15 is 0 Å². The minimum absolute atomic E-state index is 0.173. The van der Waals surface area contributed by atoms with Gasteiger partial charge in [0.2, 0.25) is 5.91 Å². The van der Waals surface area contributed by atoms with Crippen molar-refractivity contribution in [2.45, 2.75) is 0 Å². The molecule has 1 N–H and O–H groups in total. The molecule has 0 aliphatic rings. The molecule has 3 aromatic rings. The lowest BCUT2D eigenvalue weighted by Gasteiger charge is -2.01. The van der Waals surface area contributed by atoms with Gasteiger partial charge in [0.25, 0.3) is 0 Å².